The Morgan fingerprint density at radius 3 is 2.67 bits per heavy atom. The zero-order valence-electron chi connectivity index (χ0n) is 15.1. The molecule has 2 N–H and O–H groups in total. The first kappa shape index (κ1) is 23.2. The number of hydrogen-bond acceptors (Lipinski definition) is 5. The summed E-state index contributed by atoms with van der Waals surface area (Å²) in [6.45, 7) is 1.98. The van der Waals surface area contributed by atoms with Gasteiger partial charge in [0.25, 0.3) is 5.91 Å². The van der Waals surface area contributed by atoms with Crippen molar-refractivity contribution in [3.63, 3.8) is 0 Å². The molecule has 0 unspecified atom stereocenters. The first-order chi connectivity index (χ1) is 12.2. The molecular formula is C19H25Cl2N3O3. The number of amides is 1. The maximum atomic E-state index is 12.7. The third kappa shape index (κ3) is 6.07. The van der Waals surface area contributed by atoms with Crippen molar-refractivity contribution in [2.75, 3.05) is 25.5 Å². The van der Waals surface area contributed by atoms with Crippen LogP contribution in [-0.4, -0.2) is 36.7 Å². The summed E-state index contributed by atoms with van der Waals surface area (Å²) in [6, 6.07) is 11.2. The lowest BCUT2D eigenvalue weighted by Gasteiger charge is -2.34. The van der Waals surface area contributed by atoms with Gasteiger partial charge in [-0.3, -0.25) is 9.78 Å². The molecule has 3 rings (SSSR count). The van der Waals surface area contributed by atoms with Gasteiger partial charge in [0, 0.05) is 36.8 Å². The largest absolute Gasteiger partial charge is 0.489 e. The lowest BCUT2D eigenvalue weighted by molar-refractivity contribution is -0.140. The van der Waals surface area contributed by atoms with Gasteiger partial charge in [-0.05, 0) is 44.1 Å². The second kappa shape index (κ2) is 11.1. The van der Waals surface area contributed by atoms with Gasteiger partial charge >= 0.3 is 0 Å². The summed E-state index contributed by atoms with van der Waals surface area (Å²) >= 11 is 0. The van der Waals surface area contributed by atoms with Crippen molar-refractivity contribution in [1.29, 1.82) is 0 Å². The lowest BCUT2D eigenvalue weighted by Crippen LogP contribution is -2.51. The van der Waals surface area contributed by atoms with Crippen molar-refractivity contribution < 1.29 is 14.3 Å². The van der Waals surface area contributed by atoms with Gasteiger partial charge < -0.3 is 20.1 Å². The van der Waals surface area contributed by atoms with Crippen LogP contribution in [0.1, 0.15) is 18.4 Å². The highest BCUT2D eigenvalue weighted by molar-refractivity contribution is 5.97. The number of ether oxygens (including phenoxy) is 2. The van der Waals surface area contributed by atoms with Gasteiger partial charge in [0.2, 0.25) is 0 Å². The first-order valence-corrected chi connectivity index (χ1v) is 8.41. The van der Waals surface area contributed by atoms with Crippen molar-refractivity contribution in [3.8, 4) is 5.75 Å². The van der Waals surface area contributed by atoms with Crippen LogP contribution in [0, 0.1) is 0 Å². The van der Waals surface area contributed by atoms with E-state index in [1.165, 1.54) is 0 Å². The zero-order chi connectivity index (χ0) is 17.5. The molecule has 8 heteroatoms. The average Bonchev–Trinajstić information content (AvgIpc) is 2.68. The third-order valence-corrected chi connectivity index (χ3v) is 4.44. The molecular weight excluding hydrogens is 389 g/mol. The van der Waals surface area contributed by atoms with E-state index in [0.717, 1.165) is 18.7 Å². The molecule has 27 heavy (non-hydrogen) atoms. The fourth-order valence-corrected chi connectivity index (χ4v) is 2.91. The molecule has 0 atom stereocenters. The van der Waals surface area contributed by atoms with Crippen molar-refractivity contribution >= 4 is 36.4 Å². The number of carbonyl (C=O) groups excluding carboxylic acids is 1. The molecule has 0 saturated carbocycles. The Labute approximate surface area is 171 Å². The van der Waals surface area contributed by atoms with Crippen LogP contribution in [0.2, 0.25) is 0 Å². The van der Waals surface area contributed by atoms with E-state index in [4.69, 9.17) is 9.47 Å². The smallest absolute Gasteiger partial charge is 0.256 e. The van der Waals surface area contributed by atoms with E-state index in [1.807, 2.05) is 36.4 Å². The summed E-state index contributed by atoms with van der Waals surface area (Å²) in [7, 11) is 1.60. The molecule has 1 fully saturated rings. The molecule has 1 amide bonds. The molecule has 0 aliphatic carbocycles. The molecule has 148 valence electrons. The summed E-state index contributed by atoms with van der Waals surface area (Å²) in [5, 5.41) is 6.21. The van der Waals surface area contributed by atoms with E-state index >= 15 is 0 Å². The van der Waals surface area contributed by atoms with E-state index in [1.54, 1.807) is 19.5 Å². The van der Waals surface area contributed by atoms with E-state index in [9.17, 15) is 4.79 Å². The van der Waals surface area contributed by atoms with Gasteiger partial charge in [-0.25, -0.2) is 0 Å². The fourth-order valence-electron chi connectivity index (χ4n) is 2.91. The Hall–Kier alpha value is -1.86. The monoisotopic (exact) mass is 413 g/mol. The molecule has 2 aromatic rings. The topological polar surface area (TPSA) is 72.5 Å². The second-order valence-electron chi connectivity index (χ2n) is 6.08. The van der Waals surface area contributed by atoms with Crippen molar-refractivity contribution in [3.05, 3.63) is 54.4 Å². The molecule has 0 bridgehead atoms. The van der Waals surface area contributed by atoms with Crippen molar-refractivity contribution in [2.24, 2.45) is 0 Å². The Bertz CT molecular complexity index is 710. The van der Waals surface area contributed by atoms with Crippen molar-refractivity contribution in [2.45, 2.75) is 25.0 Å². The number of aromatic nitrogens is 1. The summed E-state index contributed by atoms with van der Waals surface area (Å²) in [5.74, 6) is 0.583. The minimum absolute atomic E-state index is 0. The van der Waals surface area contributed by atoms with E-state index in [2.05, 4.69) is 15.6 Å². The Kier molecular flexibility index (Phi) is 9.52. The fraction of sp³-hybridized carbons (Fsp3) is 0.368. The van der Waals surface area contributed by atoms with Gasteiger partial charge in [0.05, 0.1) is 0 Å². The summed E-state index contributed by atoms with van der Waals surface area (Å²) in [5.41, 5.74) is 0.922. The molecule has 0 radical (unpaired) electrons. The molecule has 1 aromatic carbocycles. The first-order valence-electron chi connectivity index (χ1n) is 8.41. The van der Waals surface area contributed by atoms with Gasteiger partial charge in [-0.1, -0.05) is 12.1 Å². The predicted octanol–water partition coefficient (Wildman–Crippen LogP) is 3.21. The Morgan fingerprint density at radius 1 is 1.22 bits per heavy atom. The Morgan fingerprint density at radius 2 is 2.00 bits per heavy atom. The average molecular weight is 414 g/mol. The number of hydrogen-bond donors (Lipinski definition) is 2. The van der Waals surface area contributed by atoms with E-state index in [-0.39, 0.29) is 30.7 Å². The molecule has 1 aliphatic rings. The van der Waals surface area contributed by atoms with Gasteiger partial charge in [0.15, 0.2) is 0 Å². The molecule has 0 spiro atoms. The van der Waals surface area contributed by atoms with Crippen LogP contribution in [-0.2, 0) is 16.1 Å². The van der Waals surface area contributed by atoms with Gasteiger partial charge in [0.1, 0.15) is 18.0 Å². The van der Waals surface area contributed by atoms with E-state index < -0.39 is 5.60 Å². The maximum Gasteiger partial charge on any atom is 0.256 e. The van der Waals surface area contributed by atoms with E-state index in [0.29, 0.717) is 30.9 Å². The highest BCUT2D eigenvalue weighted by atomic mass is 35.5. The number of carbonyl (C=O) groups is 1. The molecule has 6 nitrogen and oxygen atoms in total. The standard InChI is InChI=1S/C19H23N3O3.2ClH/c1-24-19(7-10-20-11-8-19)18(23)22-16-5-2-6-17(12-16)25-14-15-4-3-9-21-13-15;;/h2-6,9,12-13,20H,7-8,10-11,14H2,1H3,(H,22,23);2*1H. The second-order valence-corrected chi connectivity index (χ2v) is 6.08. The maximum absolute atomic E-state index is 12.7. The van der Waals surface area contributed by atoms with Crippen LogP contribution in [0.15, 0.2) is 48.8 Å². The SMILES string of the molecule is COC1(C(=O)Nc2cccc(OCc3cccnc3)c2)CCNCC1.Cl.Cl. The van der Waals surface area contributed by atoms with Crippen LogP contribution < -0.4 is 15.4 Å². The number of halogens is 2. The number of nitrogens with zero attached hydrogens (tertiary/aromatic N) is 1. The van der Waals surface area contributed by atoms with Crippen LogP contribution in [0.4, 0.5) is 5.69 Å². The Balaban J connectivity index is 0.00000182. The van der Waals surface area contributed by atoms with Gasteiger partial charge in [-0.2, -0.15) is 0 Å². The normalized spacial score (nSPS) is 15.0. The summed E-state index contributed by atoms with van der Waals surface area (Å²) < 4.78 is 11.3. The highest BCUT2D eigenvalue weighted by Gasteiger charge is 2.39. The summed E-state index contributed by atoms with van der Waals surface area (Å²) in [4.78, 5) is 16.8. The molecule has 1 aromatic heterocycles. The van der Waals surface area contributed by atoms with Gasteiger partial charge in [-0.15, -0.1) is 24.8 Å². The number of nitrogens with one attached hydrogen (secondary N) is 2. The lowest BCUT2D eigenvalue weighted by atomic mass is 9.91. The summed E-state index contributed by atoms with van der Waals surface area (Å²) in [6.07, 6.45) is 4.82. The van der Waals surface area contributed by atoms with Crippen LogP contribution >= 0.6 is 24.8 Å². The molecule has 1 aliphatic heterocycles. The number of pyridine rings is 1. The number of anilines is 1. The minimum Gasteiger partial charge on any atom is -0.489 e. The van der Waals surface area contributed by atoms with Crippen LogP contribution in [0.3, 0.4) is 0 Å². The van der Waals surface area contributed by atoms with Crippen LogP contribution in [0.25, 0.3) is 0 Å². The molecule has 2 heterocycles. The van der Waals surface area contributed by atoms with Crippen molar-refractivity contribution in [1.82, 2.24) is 10.3 Å². The number of benzene rings is 1. The quantitative estimate of drug-likeness (QED) is 0.760. The highest BCUT2D eigenvalue weighted by Crippen LogP contribution is 2.26. The zero-order valence-corrected chi connectivity index (χ0v) is 16.8. The number of methoxy groups -OCH3 is 1. The number of rotatable bonds is 6. The number of piperidine rings is 1. The van der Waals surface area contributed by atoms with Crippen LogP contribution in [0.5, 0.6) is 5.75 Å². The third-order valence-electron chi connectivity index (χ3n) is 4.44. The molecule has 1 saturated heterocycles. The predicted molar refractivity (Wildman–Crippen MR) is 110 cm³/mol. The minimum atomic E-state index is -0.766.